The van der Waals surface area contributed by atoms with Crippen molar-refractivity contribution in [3.8, 4) is 0 Å². The Morgan fingerprint density at radius 1 is 0.759 bits per heavy atom. The highest BCUT2D eigenvalue weighted by Gasteiger charge is 2.41. The average molecular weight is 409 g/mol. The van der Waals surface area contributed by atoms with Crippen LogP contribution in [0.1, 0.15) is 65.2 Å². The van der Waals surface area contributed by atoms with E-state index >= 15 is 0 Å². The Balaban J connectivity index is 1.74. The minimum Gasteiger partial charge on any atom is -0.431 e. The Bertz CT molecular complexity index is 506. The second-order valence-corrected chi connectivity index (χ2v) is 8.70. The third-order valence-corrected chi connectivity index (χ3v) is 6.62. The van der Waals surface area contributed by atoms with Crippen molar-refractivity contribution in [2.24, 2.45) is 17.3 Å². The van der Waals surface area contributed by atoms with E-state index in [2.05, 4.69) is 27.0 Å². The lowest BCUT2D eigenvalue weighted by Gasteiger charge is -2.46. The molecule has 0 bridgehead atoms. The highest BCUT2D eigenvalue weighted by molar-refractivity contribution is 5.60. The van der Waals surface area contributed by atoms with Gasteiger partial charge in [0.1, 0.15) is 25.4 Å². The average Bonchev–Trinajstić information content (AvgIpc) is 2.71. The van der Waals surface area contributed by atoms with E-state index in [1.807, 2.05) is 0 Å². The van der Waals surface area contributed by atoms with Crippen LogP contribution in [-0.2, 0) is 18.9 Å². The van der Waals surface area contributed by atoms with Crippen molar-refractivity contribution >= 4 is 12.3 Å². The maximum absolute atomic E-state index is 11.6. The zero-order valence-corrected chi connectivity index (χ0v) is 17.9. The van der Waals surface area contributed by atoms with E-state index in [4.69, 9.17) is 18.9 Å². The molecule has 0 aromatic carbocycles. The lowest BCUT2D eigenvalue weighted by molar-refractivity contribution is -0.0281. The van der Waals surface area contributed by atoms with Crippen LogP contribution in [0.3, 0.4) is 0 Å². The first-order chi connectivity index (χ1) is 13.9. The molecule has 2 saturated carbocycles. The molecule has 0 aromatic heterocycles. The molecule has 0 spiro atoms. The van der Waals surface area contributed by atoms with Gasteiger partial charge in [-0.25, -0.2) is 9.59 Å². The molecule has 164 valence electrons. The summed E-state index contributed by atoms with van der Waals surface area (Å²) in [6.07, 6.45) is 9.49. The number of carbonyl (C=O) groups excluding carboxylic acids is 2. The van der Waals surface area contributed by atoms with E-state index in [-0.39, 0.29) is 30.8 Å². The Hall–Kier alpha value is -1.98. The number of hydrogen-bond acceptors (Lipinski definition) is 6. The molecule has 2 fully saturated rings. The Morgan fingerprint density at radius 2 is 1.10 bits per heavy atom. The van der Waals surface area contributed by atoms with Gasteiger partial charge in [-0.3, -0.25) is 0 Å². The largest absolute Gasteiger partial charge is 0.508 e. The fourth-order valence-electron chi connectivity index (χ4n) is 4.78. The van der Waals surface area contributed by atoms with Crippen molar-refractivity contribution < 1.29 is 28.5 Å². The van der Waals surface area contributed by atoms with Crippen LogP contribution in [0.2, 0.25) is 0 Å². The second-order valence-electron chi connectivity index (χ2n) is 8.70. The van der Waals surface area contributed by atoms with E-state index < -0.39 is 12.3 Å². The first-order valence-electron chi connectivity index (χ1n) is 10.7. The second kappa shape index (κ2) is 11.3. The van der Waals surface area contributed by atoms with Crippen LogP contribution in [0.5, 0.6) is 0 Å². The van der Waals surface area contributed by atoms with Crippen molar-refractivity contribution in [1.82, 2.24) is 0 Å². The fourth-order valence-corrected chi connectivity index (χ4v) is 4.78. The first-order valence-corrected chi connectivity index (χ1v) is 10.7. The number of rotatable bonds is 8. The number of carbonyl (C=O) groups is 2. The molecule has 6 nitrogen and oxygen atoms in total. The summed E-state index contributed by atoms with van der Waals surface area (Å²) in [4.78, 5) is 23.2. The zero-order chi connectivity index (χ0) is 21.3. The smallest absolute Gasteiger partial charge is 0.431 e. The summed E-state index contributed by atoms with van der Waals surface area (Å²) in [6.45, 7) is 12.1. The predicted octanol–water partition coefficient (Wildman–Crippen LogP) is 5.81. The van der Waals surface area contributed by atoms with Crippen molar-refractivity contribution in [2.45, 2.75) is 77.4 Å². The highest BCUT2D eigenvalue weighted by Crippen LogP contribution is 2.48. The Kier molecular flexibility index (Phi) is 9.05. The standard InChI is InChI=1S/C23H36O6/c1-5-15-26-21(24)28-19-11-7-17(8-12-19)23(3,4)18-9-13-20(14-10-18)29-22(25)27-16-6-2/h5-6,17-20H,1-2,7-16H2,3-4H3. The van der Waals surface area contributed by atoms with Crippen molar-refractivity contribution in [3.05, 3.63) is 25.3 Å². The summed E-state index contributed by atoms with van der Waals surface area (Å²) in [5.74, 6) is 1.21. The molecule has 0 saturated heterocycles. The lowest BCUT2D eigenvalue weighted by Crippen LogP contribution is -2.39. The summed E-state index contributed by atoms with van der Waals surface area (Å²) >= 11 is 0. The van der Waals surface area contributed by atoms with Gasteiger partial charge in [-0.1, -0.05) is 39.2 Å². The van der Waals surface area contributed by atoms with Gasteiger partial charge in [-0.2, -0.15) is 0 Å². The van der Waals surface area contributed by atoms with Crippen molar-refractivity contribution in [3.63, 3.8) is 0 Å². The number of ether oxygens (including phenoxy) is 4. The molecule has 0 aliphatic heterocycles. The van der Waals surface area contributed by atoms with Crippen LogP contribution in [0.15, 0.2) is 25.3 Å². The molecule has 0 amide bonds. The zero-order valence-electron chi connectivity index (χ0n) is 17.9. The van der Waals surface area contributed by atoms with Crippen molar-refractivity contribution in [2.75, 3.05) is 13.2 Å². The summed E-state index contributed by atoms with van der Waals surface area (Å²) in [6, 6.07) is 0. The summed E-state index contributed by atoms with van der Waals surface area (Å²) in [7, 11) is 0. The maximum atomic E-state index is 11.6. The third-order valence-electron chi connectivity index (χ3n) is 6.62. The molecule has 0 atom stereocenters. The molecule has 0 radical (unpaired) electrons. The van der Waals surface area contributed by atoms with Gasteiger partial charge >= 0.3 is 12.3 Å². The van der Waals surface area contributed by atoms with Gasteiger partial charge in [0.2, 0.25) is 0 Å². The normalized spacial score (nSPS) is 27.4. The topological polar surface area (TPSA) is 71.1 Å². The van der Waals surface area contributed by atoms with Crippen LogP contribution < -0.4 is 0 Å². The maximum Gasteiger partial charge on any atom is 0.508 e. The minimum atomic E-state index is -0.599. The van der Waals surface area contributed by atoms with E-state index in [1.165, 1.54) is 12.2 Å². The number of hydrogen-bond donors (Lipinski definition) is 0. The molecule has 0 unspecified atom stereocenters. The molecule has 2 rings (SSSR count). The SMILES string of the molecule is C=CCOC(=O)OC1CCC(C(C)(C)C2CCC(OC(=O)OCC=C)CC2)CC1. The van der Waals surface area contributed by atoms with Crippen LogP contribution in [-0.4, -0.2) is 37.7 Å². The molecule has 2 aliphatic rings. The molecule has 0 aromatic rings. The molecular formula is C23H36O6. The Morgan fingerprint density at radius 3 is 1.41 bits per heavy atom. The summed E-state index contributed by atoms with van der Waals surface area (Å²) < 4.78 is 20.6. The molecule has 29 heavy (non-hydrogen) atoms. The summed E-state index contributed by atoms with van der Waals surface area (Å²) in [5.41, 5.74) is 0.211. The van der Waals surface area contributed by atoms with Gasteiger partial charge in [0.15, 0.2) is 0 Å². The quantitative estimate of drug-likeness (QED) is 0.373. The minimum absolute atomic E-state index is 0.0509. The Labute approximate surface area is 174 Å². The predicted molar refractivity (Wildman–Crippen MR) is 111 cm³/mol. The van der Waals surface area contributed by atoms with Gasteiger partial charge in [-0.05, 0) is 68.6 Å². The molecule has 2 aliphatic carbocycles. The lowest BCUT2D eigenvalue weighted by atomic mass is 9.60. The van der Waals surface area contributed by atoms with E-state index in [9.17, 15) is 9.59 Å². The first kappa shape index (κ1) is 23.3. The van der Waals surface area contributed by atoms with Gasteiger partial charge in [0, 0.05) is 0 Å². The third kappa shape index (κ3) is 7.09. The van der Waals surface area contributed by atoms with Gasteiger partial charge in [-0.15, -0.1) is 0 Å². The highest BCUT2D eigenvalue weighted by atomic mass is 16.7. The molecular weight excluding hydrogens is 372 g/mol. The van der Waals surface area contributed by atoms with Gasteiger partial charge in [0.05, 0.1) is 0 Å². The van der Waals surface area contributed by atoms with Gasteiger partial charge < -0.3 is 18.9 Å². The van der Waals surface area contributed by atoms with Crippen LogP contribution >= 0.6 is 0 Å². The molecule has 0 heterocycles. The molecule has 0 N–H and O–H groups in total. The fraction of sp³-hybridized carbons (Fsp3) is 0.739. The molecule has 6 heteroatoms. The monoisotopic (exact) mass is 408 g/mol. The van der Waals surface area contributed by atoms with Crippen LogP contribution in [0.4, 0.5) is 9.59 Å². The van der Waals surface area contributed by atoms with Crippen molar-refractivity contribution in [1.29, 1.82) is 0 Å². The summed E-state index contributed by atoms with van der Waals surface area (Å²) in [5, 5.41) is 0. The van der Waals surface area contributed by atoms with E-state index in [0.29, 0.717) is 11.8 Å². The van der Waals surface area contributed by atoms with Crippen LogP contribution in [0.25, 0.3) is 0 Å². The van der Waals surface area contributed by atoms with Crippen LogP contribution in [0, 0.1) is 17.3 Å². The van der Waals surface area contributed by atoms with Gasteiger partial charge in [0.25, 0.3) is 0 Å². The van der Waals surface area contributed by atoms with E-state index in [0.717, 1.165) is 51.4 Å². The van der Waals surface area contributed by atoms with E-state index in [1.54, 1.807) is 0 Å².